The van der Waals surface area contributed by atoms with Crippen molar-refractivity contribution in [1.82, 2.24) is 15.5 Å². The topological polar surface area (TPSA) is 80.0 Å². The maximum Gasteiger partial charge on any atom is 0.322 e. The molecule has 1 amide bonds. The summed E-state index contributed by atoms with van der Waals surface area (Å²) in [6.45, 7) is 0.986. The predicted octanol–water partition coefficient (Wildman–Crippen LogP) is 1.48. The Labute approximate surface area is 111 Å². The van der Waals surface area contributed by atoms with Crippen LogP contribution >= 0.6 is 0 Å². The van der Waals surface area contributed by atoms with Crippen LogP contribution in [-0.4, -0.2) is 22.6 Å². The minimum absolute atomic E-state index is 0.0433. The van der Waals surface area contributed by atoms with Crippen molar-refractivity contribution in [3.8, 4) is 0 Å². The van der Waals surface area contributed by atoms with Gasteiger partial charge in [-0.05, 0) is 50.5 Å². The molecule has 1 aromatic heterocycles. The summed E-state index contributed by atoms with van der Waals surface area (Å²) in [6, 6.07) is 0.395. The van der Waals surface area contributed by atoms with Crippen molar-refractivity contribution in [2.24, 2.45) is 17.8 Å². The minimum Gasteiger partial charge on any atom is -0.406 e. The smallest absolute Gasteiger partial charge is 0.322 e. The fraction of sp³-hybridized carbons (Fsp3) is 0.769. The van der Waals surface area contributed by atoms with Crippen molar-refractivity contribution in [1.29, 1.82) is 0 Å². The molecule has 4 rings (SSSR count). The molecule has 2 saturated carbocycles. The second kappa shape index (κ2) is 4.30. The molecule has 1 aromatic rings. The van der Waals surface area contributed by atoms with E-state index in [0.29, 0.717) is 5.89 Å². The summed E-state index contributed by atoms with van der Waals surface area (Å²) in [4.78, 5) is 12.1. The van der Waals surface area contributed by atoms with Gasteiger partial charge in [-0.2, -0.15) is 0 Å². The molecule has 3 fully saturated rings. The van der Waals surface area contributed by atoms with Crippen LogP contribution in [0.3, 0.4) is 0 Å². The predicted molar refractivity (Wildman–Crippen MR) is 67.2 cm³/mol. The highest BCUT2D eigenvalue weighted by atomic mass is 16.4. The molecule has 6 nitrogen and oxygen atoms in total. The number of nitrogens with zero attached hydrogens (tertiary/aromatic N) is 2. The first-order valence-corrected chi connectivity index (χ1v) is 7.17. The molecular weight excluding hydrogens is 244 g/mol. The maximum atomic E-state index is 12.1. The quantitative estimate of drug-likeness (QED) is 0.862. The van der Waals surface area contributed by atoms with Gasteiger partial charge in [-0.25, -0.2) is 0 Å². The van der Waals surface area contributed by atoms with E-state index in [0.717, 1.165) is 44.1 Å². The molecule has 0 radical (unpaired) electrons. The van der Waals surface area contributed by atoms with Crippen molar-refractivity contribution in [2.45, 2.75) is 38.1 Å². The third-order valence-corrected chi connectivity index (χ3v) is 4.64. The molecule has 6 heteroatoms. The molecule has 2 heterocycles. The molecule has 3 unspecified atom stereocenters. The molecule has 1 aliphatic heterocycles. The second-order valence-electron chi connectivity index (χ2n) is 6.01. The van der Waals surface area contributed by atoms with E-state index in [-0.39, 0.29) is 23.9 Å². The third-order valence-electron chi connectivity index (χ3n) is 4.64. The van der Waals surface area contributed by atoms with Crippen molar-refractivity contribution in [3.05, 3.63) is 5.89 Å². The number of hydrogen-bond acceptors (Lipinski definition) is 5. The van der Waals surface area contributed by atoms with E-state index in [1.54, 1.807) is 0 Å². The summed E-state index contributed by atoms with van der Waals surface area (Å²) in [6.07, 6.45) is 5.52. The SMILES string of the molecule is O=C(Nc1nnc(C2CCCN2)o1)C1CC2CC2C1. The van der Waals surface area contributed by atoms with E-state index in [4.69, 9.17) is 4.42 Å². The summed E-state index contributed by atoms with van der Waals surface area (Å²) in [5, 5.41) is 14.0. The lowest BCUT2D eigenvalue weighted by molar-refractivity contribution is -0.120. The lowest BCUT2D eigenvalue weighted by Crippen LogP contribution is -2.21. The van der Waals surface area contributed by atoms with Gasteiger partial charge in [0.1, 0.15) is 0 Å². The summed E-state index contributed by atoms with van der Waals surface area (Å²) in [5.74, 6) is 2.38. The van der Waals surface area contributed by atoms with Gasteiger partial charge in [-0.3, -0.25) is 10.1 Å². The molecule has 2 N–H and O–H groups in total. The van der Waals surface area contributed by atoms with Crippen LogP contribution in [0.15, 0.2) is 4.42 Å². The number of nitrogens with one attached hydrogen (secondary N) is 2. The molecule has 0 bridgehead atoms. The van der Waals surface area contributed by atoms with E-state index >= 15 is 0 Å². The fourth-order valence-corrected chi connectivity index (χ4v) is 3.46. The summed E-state index contributed by atoms with van der Waals surface area (Å²) in [5.41, 5.74) is 0. The Bertz CT molecular complexity index is 485. The Balaban J connectivity index is 1.38. The number of carbonyl (C=O) groups excluding carboxylic acids is 1. The van der Waals surface area contributed by atoms with Crippen LogP contribution in [0.25, 0.3) is 0 Å². The first-order chi connectivity index (χ1) is 9.29. The Morgan fingerprint density at radius 1 is 1.26 bits per heavy atom. The highest BCUT2D eigenvalue weighted by molar-refractivity contribution is 5.90. The summed E-state index contributed by atoms with van der Waals surface area (Å²) in [7, 11) is 0. The van der Waals surface area contributed by atoms with Crippen LogP contribution < -0.4 is 10.6 Å². The molecule has 2 aliphatic carbocycles. The molecule has 1 saturated heterocycles. The standard InChI is InChI=1S/C13H18N4O2/c18-11(9-5-7-4-8(7)6-9)15-13-17-16-12(19-13)10-2-1-3-14-10/h7-10,14H,1-6H2,(H,15,17,18). The number of carbonyl (C=O) groups is 1. The van der Waals surface area contributed by atoms with Gasteiger partial charge in [0.05, 0.1) is 6.04 Å². The van der Waals surface area contributed by atoms with Gasteiger partial charge in [0.25, 0.3) is 0 Å². The Morgan fingerprint density at radius 3 is 2.84 bits per heavy atom. The number of anilines is 1. The van der Waals surface area contributed by atoms with Crippen LogP contribution in [0, 0.1) is 17.8 Å². The first-order valence-electron chi connectivity index (χ1n) is 7.17. The molecule has 0 spiro atoms. The average molecular weight is 262 g/mol. The van der Waals surface area contributed by atoms with E-state index < -0.39 is 0 Å². The lowest BCUT2D eigenvalue weighted by atomic mass is 10.0. The maximum absolute atomic E-state index is 12.1. The molecule has 0 aromatic carbocycles. The number of fused-ring (bicyclic) bond motifs is 1. The normalized spacial score (nSPS) is 36.2. The highest BCUT2D eigenvalue weighted by Crippen LogP contribution is 2.54. The zero-order valence-corrected chi connectivity index (χ0v) is 10.8. The average Bonchev–Trinajstić information content (AvgIpc) is 2.91. The van der Waals surface area contributed by atoms with Crippen LogP contribution in [0.4, 0.5) is 6.01 Å². The zero-order valence-electron chi connectivity index (χ0n) is 10.8. The third kappa shape index (κ3) is 2.14. The van der Waals surface area contributed by atoms with Gasteiger partial charge in [0.2, 0.25) is 11.8 Å². The van der Waals surface area contributed by atoms with Gasteiger partial charge >= 0.3 is 6.01 Å². The largest absolute Gasteiger partial charge is 0.406 e. The van der Waals surface area contributed by atoms with Crippen molar-refractivity contribution in [2.75, 3.05) is 11.9 Å². The van der Waals surface area contributed by atoms with E-state index in [1.165, 1.54) is 6.42 Å². The van der Waals surface area contributed by atoms with E-state index in [1.807, 2.05) is 0 Å². The molecule has 3 aliphatic rings. The van der Waals surface area contributed by atoms with Gasteiger partial charge in [0, 0.05) is 5.92 Å². The van der Waals surface area contributed by atoms with Crippen LogP contribution in [-0.2, 0) is 4.79 Å². The minimum atomic E-state index is 0.0433. The van der Waals surface area contributed by atoms with E-state index in [2.05, 4.69) is 20.8 Å². The van der Waals surface area contributed by atoms with Crippen LogP contribution in [0.5, 0.6) is 0 Å². The van der Waals surface area contributed by atoms with Crippen molar-refractivity contribution >= 4 is 11.9 Å². The first kappa shape index (κ1) is 11.4. The lowest BCUT2D eigenvalue weighted by Gasteiger charge is -2.09. The number of aromatic nitrogens is 2. The van der Waals surface area contributed by atoms with E-state index in [9.17, 15) is 4.79 Å². The Morgan fingerprint density at radius 2 is 2.11 bits per heavy atom. The van der Waals surface area contributed by atoms with Gasteiger partial charge < -0.3 is 9.73 Å². The second-order valence-corrected chi connectivity index (χ2v) is 6.01. The van der Waals surface area contributed by atoms with Gasteiger partial charge in [-0.1, -0.05) is 5.10 Å². The number of hydrogen-bond donors (Lipinski definition) is 2. The number of amides is 1. The zero-order chi connectivity index (χ0) is 12.8. The molecule has 3 atom stereocenters. The Hall–Kier alpha value is -1.43. The summed E-state index contributed by atoms with van der Waals surface area (Å²) >= 11 is 0. The monoisotopic (exact) mass is 262 g/mol. The van der Waals surface area contributed by atoms with Crippen molar-refractivity contribution in [3.63, 3.8) is 0 Å². The van der Waals surface area contributed by atoms with Crippen LogP contribution in [0.2, 0.25) is 0 Å². The highest BCUT2D eigenvalue weighted by Gasteiger charge is 2.48. The molecule has 19 heavy (non-hydrogen) atoms. The van der Waals surface area contributed by atoms with Crippen molar-refractivity contribution < 1.29 is 9.21 Å². The summed E-state index contributed by atoms with van der Waals surface area (Å²) < 4.78 is 5.52. The van der Waals surface area contributed by atoms with Crippen LogP contribution in [0.1, 0.15) is 44.0 Å². The molecular formula is C13H18N4O2. The Kier molecular flexibility index (Phi) is 2.58. The fourth-order valence-electron chi connectivity index (χ4n) is 3.46. The van der Waals surface area contributed by atoms with Gasteiger partial charge in [-0.15, -0.1) is 5.10 Å². The number of rotatable bonds is 3. The molecule has 102 valence electrons. The van der Waals surface area contributed by atoms with Gasteiger partial charge in [0.15, 0.2) is 0 Å².